The van der Waals surface area contributed by atoms with Crippen molar-refractivity contribution in [3.05, 3.63) is 58.6 Å². The van der Waals surface area contributed by atoms with Gasteiger partial charge in [-0.05, 0) is 18.1 Å². The Kier molecular flexibility index (Phi) is 7.55. The molecule has 2 unspecified atom stereocenters. The molecule has 12 nitrogen and oxygen atoms in total. The van der Waals surface area contributed by atoms with Crippen molar-refractivity contribution >= 4 is 19.5 Å². The second-order valence-corrected chi connectivity index (χ2v) is 8.10. The van der Waals surface area contributed by atoms with Crippen LogP contribution < -0.4 is 21.4 Å². The molecule has 1 aliphatic heterocycles. The minimum Gasteiger partial charge on any atom is -0.766 e. The number of benzene rings is 1. The Hall–Kier alpha value is -2.60. The van der Waals surface area contributed by atoms with Crippen LogP contribution in [-0.4, -0.2) is 48.2 Å². The number of carbonyl (C=O) groups excluding carboxylic acids is 1. The number of nitrogens with one attached hydrogen (secondary N) is 1. The maximum absolute atomic E-state index is 12.3. The summed E-state index contributed by atoms with van der Waals surface area (Å²) in [5.41, 5.74) is 5.55. The van der Waals surface area contributed by atoms with Crippen LogP contribution in [0.4, 0.5) is 5.82 Å². The van der Waals surface area contributed by atoms with Gasteiger partial charge in [-0.2, -0.15) is 4.98 Å². The zero-order valence-electron chi connectivity index (χ0n) is 16.6. The number of nitrogens with zero attached hydrogens (tertiary/aromatic N) is 2. The highest BCUT2D eigenvalue weighted by Crippen LogP contribution is 2.34. The van der Waals surface area contributed by atoms with Gasteiger partial charge in [-0.1, -0.05) is 30.3 Å². The minimum absolute atomic E-state index is 0.0189. The number of methoxy groups -OCH3 is 1. The molecule has 2 heterocycles. The number of esters is 1. The van der Waals surface area contributed by atoms with Crippen molar-refractivity contribution in [2.45, 2.75) is 25.0 Å². The first-order valence-electron chi connectivity index (χ1n) is 9.24. The predicted molar refractivity (Wildman–Crippen MR) is 105 cm³/mol. The van der Waals surface area contributed by atoms with Gasteiger partial charge in [-0.25, -0.2) is 9.88 Å². The van der Waals surface area contributed by atoms with Gasteiger partial charge in [0.2, 0.25) is 7.75 Å². The molecule has 31 heavy (non-hydrogen) atoms. The van der Waals surface area contributed by atoms with Gasteiger partial charge < -0.3 is 29.4 Å². The van der Waals surface area contributed by atoms with Crippen molar-refractivity contribution in [3.8, 4) is 0 Å². The molecule has 1 saturated heterocycles. The monoisotopic (exact) mass is 453 g/mol. The highest BCUT2D eigenvalue weighted by atomic mass is 31.2. The maximum atomic E-state index is 12.3. The van der Waals surface area contributed by atoms with Crippen LogP contribution in [0.25, 0.3) is 0 Å². The summed E-state index contributed by atoms with van der Waals surface area (Å²) in [6, 6.07) is 9.09. The lowest BCUT2D eigenvalue weighted by molar-refractivity contribution is -0.210. The van der Waals surface area contributed by atoms with E-state index in [2.05, 4.69) is 14.8 Å². The van der Waals surface area contributed by atoms with E-state index in [1.54, 1.807) is 30.3 Å². The van der Waals surface area contributed by atoms with Gasteiger partial charge in [-0.15, -0.1) is 0 Å². The minimum atomic E-state index is -4.67. The topological polar surface area (TPSA) is 167 Å². The zero-order chi connectivity index (χ0) is 22.4. The van der Waals surface area contributed by atoms with Gasteiger partial charge in [0.05, 0.1) is 13.7 Å². The first kappa shape index (κ1) is 23.1. The second-order valence-electron chi connectivity index (χ2n) is 6.58. The van der Waals surface area contributed by atoms with Crippen LogP contribution in [0.2, 0.25) is 0 Å². The highest BCUT2D eigenvalue weighted by molar-refractivity contribution is 7.49. The molecule has 0 bridgehead atoms. The molecule has 0 amide bonds. The Morgan fingerprint density at radius 2 is 2.16 bits per heavy atom. The predicted octanol–water partition coefficient (Wildman–Crippen LogP) is -0.444. The molecule has 0 radical (unpaired) electrons. The molecular weight excluding hydrogens is 431 g/mol. The van der Waals surface area contributed by atoms with E-state index in [-0.39, 0.29) is 18.8 Å². The van der Waals surface area contributed by atoms with Gasteiger partial charge in [0, 0.05) is 6.20 Å². The second kappa shape index (κ2) is 10.1. The van der Waals surface area contributed by atoms with E-state index < -0.39 is 44.6 Å². The Morgan fingerprint density at radius 1 is 1.42 bits per heavy atom. The number of hydrogen-bond donors (Lipinski definition) is 2. The van der Waals surface area contributed by atoms with Gasteiger partial charge >= 0.3 is 11.7 Å². The summed E-state index contributed by atoms with van der Waals surface area (Å²) in [6.07, 6.45) is -0.389. The zero-order valence-corrected chi connectivity index (χ0v) is 17.5. The first-order chi connectivity index (χ1) is 14.8. The molecule has 168 valence electrons. The molecule has 1 aromatic carbocycles. The fourth-order valence-corrected chi connectivity index (χ4v) is 3.85. The fraction of sp³-hybridized carbons (Fsp3) is 0.389. The van der Waals surface area contributed by atoms with Crippen molar-refractivity contribution < 1.29 is 33.0 Å². The Labute approximate surface area is 177 Å². The largest absolute Gasteiger partial charge is 0.766 e. The van der Waals surface area contributed by atoms with E-state index in [1.807, 2.05) is 0 Å². The summed E-state index contributed by atoms with van der Waals surface area (Å²) in [7, 11) is -3.51. The molecule has 0 spiro atoms. The van der Waals surface area contributed by atoms with Gasteiger partial charge in [-0.3, -0.25) is 13.9 Å². The first-order valence-corrected chi connectivity index (χ1v) is 10.8. The van der Waals surface area contributed by atoms with Crippen LogP contribution >= 0.6 is 7.75 Å². The van der Waals surface area contributed by atoms with Crippen LogP contribution in [0.1, 0.15) is 11.8 Å². The Bertz CT molecular complexity index is 1000. The molecule has 1 fully saturated rings. The van der Waals surface area contributed by atoms with Gasteiger partial charge in [0.1, 0.15) is 18.5 Å². The number of rotatable bonds is 9. The van der Waals surface area contributed by atoms with Crippen LogP contribution in [0.3, 0.4) is 0 Å². The smallest absolute Gasteiger partial charge is 0.351 e. The van der Waals surface area contributed by atoms with Crippen LogP contribution in [0.15, 0.2) is 47.4 Å². The average molecular weight is 453 g/mol. The normalized spacial score (nSPS) is 21.4. The highest BCUT2D eigenvalue weighted by Gasteiger charge is 2.31. The fourth-order valence-electron chi connectivity index (χ4n) is 2.88. The van der Waals surface area contributed by atoms with Crippen molar-refractivity contribution in [1.29, 1.82) is 0 Å². The summed E-state index contributed by atoms with van der Waals surface area (Å²) in [5, 5.41) is 2.19. The van der Waals surface area contributed by atoms with Gasteiger partial charge in [0.15, 0.2) is 12.5 Å². The maximum Gasteiger partial charge on any atom is 0.351 e. The molecule has 1 aliphatic rings. The number of anilines is 1. The summed E-state index contributed by atoms with van der Waals surface area (Å²) in [6.45, 7) is -0.504. The lowest BCUT2D eigenvalue weighted by Crippen LogP contribution is -2.41. The third-order valence-electron chi connectivity index (χ3n) is 4.36. The van der Waals surface area contributed by atoms with Crippen molar-refractivity contribution in [2.75, 3.05) is 26.1 Å². The third-order valence-corrected chi connectivity index (χ3v) is 5.48. The number of nitrogen functional groups attached to an aromatic ring is 1. The van der Waals surface area contributed by atoms with Crippen molar-refractivity contribution in [1.82, 2.24) is 14.6 Å². The summed E-state index contributed by atoms with van der Waals surface area (Å²) in [4.78, 5) is 39.8. The number of nitrogens with two attached hydrogens (primary N) is 1. The third kappa shape index (κ3) is 6.44. The Balaban J connectivity index is 1.56. The van der Waals surface area contributed by atoms with E-state index in [9.17, 15) is 19.0 Å². The summed E-state index contributed by atoms with van der Waals surface area (Å²) >= 11 is 0. The van der Waals surface area contributed by atoms with E-state index in [1.165, 1.54) is 16.8 Å². The number of hydrogen-bond acceptors (Lipinski definition) is 10. The average Bonchev–Trinajstić information content (AvgIpc) is 3.21. The molecule has 3 rings (SSSR count). The molecule has 1 aromatic heterocycles. The van der Waals surface area contributed by atoms with Gasteiger partial charge in [0.25, 0.3) is 0 Å². The van der Waals surface area contributed by atoms with E-state index >= 15 is 0 Å². The van der Waals surface area contributed by atoms with Crippen LogP contribution in [0, 0.1) is 0 Å². The number of ether oxygens (including phenoxy) is 3. The molecule has 0 aliphatic carbocycles. The number of aromatic nitrogens is 2. The lowest BCUT2D eigenvalue weighted by Gasteiger charge is -2.29. The summed E-state index contributed by atoms with van der Waals surface area (Å²) < 4.78 is 33.9. The number of carbonyl (C=O) groups is 1. The van der Waals surface area contributed by atoms with Crippen molar-refractivity contribution in [3.63, 3.8) is 0 Å². The molecule has 2 aromatic rings. The van der Waals surface area contributed by atoms with Crippen LogP contribution in [0.5, 0.6) is 0 Å². The quantitative estimate of drug-likeness (QED) is 0.373. The lowest BCUT2D eigenvalue weighted by atomic mass is 10.1. The molecular formula is C18H22N4O8P-. The Morgan fingerprint density at radius 3 is 2.84 bits per heavy atom. The molecule has 3 N–H and O–H groups in total. The standard InChI is InChI=1S/C18H23N4O8P/c1-27-17(23)13(9-12-5-3-2-4-6-12)21-31(25,26)29-11-16-28-10-15(30-16)22-8-7-14(19)20-18(22)24/h2-8,13,15-16H,9-11H2,1H3,(H2,19,20,24)(H2,21,25,26)/p-1/t13-,15-,16?/m0/s1. The van der Waals surface area contributed by atoms with Crippen LogP contribution in [-0.2, 0) is 34.5 Å². The van der Waals surface area contributed by atoms with Crippen molar-refractivity contribution in [2.24, 2.45) is 0 Å². The molecule has 13 heteroatoms. The molecule has 0 saturated carbocycles. The summed E-state index contributed by atoms with van der Waals surface area (Å²) in [5.74, 6) is -0.693. The van der Waals surface area contributed by atoms with E-state index in [0.29, 0.717) is 0 Å². The van der Waals surface area contributed by atoms with E-state index in [4.69, 9.17) is 19.7 Å². The molecule has 4 atom stereocenters. The van der Waals surface area contributed by atoms with E-state index in [0.717, 1.165) is 12.7 Å². The SMILES string of the molecule is COC(=O)[C@H](Cc1ccccc1)NP(=O)([O-])OCC1OC[C@@H](n2ccc(N)nc2=O)O1.